The van der Waals surface area contributed by atoms with E-state index in [1.54, 1.807) is 6.20 Å². The Bertz CT molecular complexity index is 926. The van der Waals surface area contributed by atoms with Crippen molar-refractivity contribution < 1.29 is 4.79 Å². The van der Waals surface area contributed by atoms with E-state index in [9.17, 15) is 4.79 Å². The molecule has 2 aromatic heterocycles. The number of hydrogen-bond donors (Lipinski definition) is 1. The smallest absolute Gasteiger partial charge is 0.270 e. The summed E-state index contributed by atoms with van der Waals surface area (Å²) in [6.07, 6.45) is 12.1. The van der Waals surface area contributed by atoms with Gasteiger partial charge in [-0.3, -0.25) is 9.78 Å². The Kier molecular flexibility index (Phi) is 5.51. The Morgan fingerprint density at radius 1 is 1.18 bits per heavy atom. The van der Waals surface area contributed by atoms with Gasteiger partial charge in [-0.25, -0.2) is 4.68 Å². The summed E-state index contributed by atoms with van der Waals surface area (Å²) in [5.74, 6) is -0.0535. The molecule has 1 aliphatic rings. The summed E-state index contributed by atoms with van der Waals surface area (Å²) in [5.41, 5.74) is 4.98. The van der Waals surface area contributed by atoms with Crippen LogP contribution in [0.3, 0.4) is 0 Å². The zero-order valence-corrected chi connectivity index (χ0v) is 16.3. The van der Waals surface area contributed by atoms with E-state index in [-0.39, 0.29) is 5.91 Å². The number of nitrogens with zero attached hydrogens (tertiary/aromatic N) is 3. The highest BCUT2D eigenvalue weighted by Gasteiger charge is 2.18. The third kappa shape index (κ3) is 4.30. The second-order valence-corrected chi connectivity index (χ2v) is 7.60. The van der Waals surface area contributed by atoms with Gasteiger partial charge in [-0.1, -0.05) is 31.4 Å². The zero-order valence-electron chi connectivity index (χ0n) is 16.3. The van der Waals surface area contributed by atoms with Crippen molar-refractivity contribution in [3.8, 4) is 5.69 Å². The van der Waals surface area contributed by atoms with E-state index in [1.165, 1.54) is 24.8 Å². The van der Waals surface area contributed by atoms with E-state index >= 15 is 0 Å². The first-order valence-electron chi connectivity index (χ1n) is 10.0. The van der Waals surface area contributed by atoms with E-state index in [0.29, 0.717) is 11.7 Å². The summed E-state index contributed by atoms with van der Waals surface area (Å²) in [7, 11) is 0. The fourth-order valence-corrected chi connectivity index (χ4v) is 3.79. The molecule has 28 heavy (non-hydrogen) atoms. The van der Waals surface area contributed by atoms with Crippen LogP contribution in [0.1, 0.15) is 59.3 Å². The van der Waals surface area contributed by atoms with Gasteiger partial charge in [-0.15, -0.1) is 0 Å². The molecule has 4 rings (SSSR count). The van der Waals surface area contributed by atoms with Crippen molar-refractivity contribution in [3.05, 3.63) is 77.4 Å². The molecule has 1 N–H and O–H groups in total. The number of hydrogen-bond acceptors (Lipinski definition) is 3. The molecule has 1 aromatic carbocycles. The van der Waals surface area contributed by atoms with Crippen molar-refractivity contribution in [1.29, 1.82) is 0 Å². The van der Waals surface area contributed by atoms with Crippen LogP contribution in [0.4, 0.5) is 0 Å². The summed E-state index contributed by atoms with van der Waals surface area (Å²) >= 11 is 0. The number of nitrogens with one attached hydrogen (secondary N) is 1. The average Bonchev–Trinajstić information content (AvgIpc) is 3.26. The Hall–Kier alpha value is -2.95. The summed E-state index contributed by atoms with van der Waals surface area (Å²) in [5, 5.41) is 7.41. The second kappa shape index (κ2) is 8.38. The molecular weight excluding hydrogens is 348 g/mol. The molecule has 5 heteroatoms. The fraction of sp³-hybridized carbons (Fsp3) is 0.348. The van der Waals surface area contributed by atoms with E-state index < -0.39 is 0 Å². The lowest BCUT2D eigenvalue weighted by molar-refractivity contribution is 0.0922. The zero-order chi connectivity index (χ0) is 19.3. The lowest BCUT2D eigenvalue weighted by Crippen LogP contribution is -2.36. The van der Waals surface area contributed by atoms with Gasteiger partial charge in [0.1, 0.15) is 5.69 Å². The predicted molar refractivity (Wildman–Crippen MR) is 110 cm³/mol. The minimum atomic E-state index is -0.0535. The van der Waals surface area contributed by atoms with E-state index in [2.05, 4.69) is 39.7 Å². The lowest BCUT2D eigenvalue weighted by atomic mass is 9.95. The maximum atomic E-state index is 12.6. The number of carbonyl (C=O) groups excluding carboxylic acids is 1. The summed E-state index contributed by atoms with van der Waals surface area (Å²) in [6.45, 7) is 2.04. The summed E-state index contributed by atoms with van der Waals surface area (Å²) < 4.78 is 1.84. The maximum Gasteiger partial charge on any atom is 0.270 e. The molecule has 1 saturated carbocycles. The van der Waals surface area contributed by atoms with Crippen LogP contribution in [0.5, 0.6) is 0 Å². The fourth-order valence-electron chi connectivity index (χ4n) is 3.79. The largest absolute Gasteiger partial charge is 0.348 e. The molecule has 3 aromatic rings. The van der Waals surface area contributed by atoms with Crippen molar-refractivity contribution in [2.24, 2.45) is 0 Å². The number of amides is 1. The Labute approximate surface area is 165 Å². The van der Waals surface area contributed by atoms with Crippen molar-refractivity contribution in [2.75, 3.05) is 0 Å². The summed E-state index contributed by atoms with van der Waals surface area (Å²) in [6, 6.07) is 12.5. The van der Waals surface area contributed by atoms with Crippen LogP contribution in [0.15, 0.2) is 55.0 Å². The number of aromatic nitrogens is 3. The average molecular weight is 374 g/mol. The third-order valence-electron chi connectivity index (χ3n) is 5.49. The second-order valence-electron chi connectivity index (χ2n) is 7.60. The van der Waals surface area contributed by atoms with Gasteiger partial charge < -0.3 is 5.32 Å². The maximum absolute atomic E-state index is 12.6. The SMILES string of the molecule is Cc1cnc(C(=O)NC2CCCCC2)cc1Cc1ccc(-n2cccn2)cc1. The highest BCUT2D eigenvalue weighted by molar-refractivity contribution is 5.92. The Balaban J connectivity index is 1.47. The minimum absolute atomic E-state index is 0.0535. The standard InChI is InChI=1S/C23H26N4O/c1-17-16-24-22(23(28)26-20-6-3-2-4-7-20)15-19(17)14-18-8-10-21(11-9-18)27-13-5-12-25-27/h5,8-13,15-16,20H,2-4,6-7,14H2,1H3,(H,26,28). The molecule has 5 nitrogen and oxygen atoms in total. The first kappa shape index (κ1) is 18.4. The highest BCUT2D eigenvalue weighted by atomic mass is 16.1. The molecule has 1 fully saturated rings. The van der Waals surface area contributed by atoms with Gasteiger partial charge in [-0.2, -0.15) is 5.10 Å². The molecule has 0 spiro atoms. The molecule has 0 aliphatic heterocycles. The van der Waals surface area contributed by atoms with Gasteiger partial charge >= 0.3 is 0 Å². The molecular formula is C23H26N4O. The van der Waals surface area contributed by atoms with Gasteiger partial charge in [0.25, 0.3) is 5.91 Å². The first-order chi connectivity index (χ1) is 13.7. The number of benzene rings is 1. The molecule has 0 bridgehead atoms. The van der Waals surface area contributed by atoms with Crippen molar-refractivity contribution in [1.82, 2.24) is 20.1 Å². The Morgan fingerprint density at radius 2 is 1.96 bits per heavy atom. The van der Waals surface area contributed by atoms with Crippen LogP contribution < -0.4 is 5.32 Å². The molecule has 0 unspecified atom stereocenters. The van der Waals surface area contributed by atoms with Crippen LogP contribution in [-0.4, -0.2) is 26.7 Å². The van der Waals surface area contributed by atoms with E-state index in [0.717, 1.165) is 36.1 Å². The molecule has 0 saturated heterocycles. The van der Waals surface area contributed by atoms with Gasteiger partial charge in [0, 0.05) is 24.6 Å². The Morgan fingerprint density at radius 3 is 2.68 bits per heavy atom. The van der Waals surface area contributed by atoms with Gasteiger partial charge in [0.15, 0.2) is 0 Å². The number of rotatable bonds is 5. The van der Waals surface area contributed by atoms with Crippen molar-refractivity contribution in [3.63, 3.8) is 0 Å². The number of pyridine rings is 1. The first-order valence-corrected chi connectivity index (χ1v) is 10.0. The van der Waals surface area contributed by atoms with Gasteiger partial charge in [0.05, 0.1) is 5.69 Å². The normalized spacial score (nSPS) is 14.8. The van der Waals surface area contributed by atoms with Crippen LogP contribution in [0.25, 0.3) is 5.69 Å². The molecule has 0 radical (unpaired) electrons. The number of carbonyl (C=O) groups is 1. The van der Waals surface area contributed by atoms with Crippen LogP contribution >= 0.6 is 0 Å². The molecule has 2 heterocycles. The number of aryl methyl sites for hydroxylation is 1. The topological polar surface area (TPSA) is 59.8 Å². The quantitative estimate of drug-likeness (QED) is 0.727. The predicted octanol–water partition coefficient (Wildman–Crippen LogP) is 4.23. The highest BCUT2D eigenvalue weighted by Crippen LogP contribution is 2.19. The van der Waals surface area contributed by atoms with Gasteiger partial charge in [-0.05, 0) is 67.1 Å². The summed E-state index contributed by atoms with van der Waals surface area (Å²) in [4.78, 5) is 17.0. The monoisotopic (exact) mass is 374 g/mol. The van der Waals surface area contributed by atoms with Crippen LogP contribution in [0.2, 0.25) is 0 Å². The van der Waals surface area contributed by atoms with Crippen LogP contribution in [-0.2, 0) is 6.42 Å². The van der Waals surface area contributed by atoms with Crippen molar-refractivity contribution >= 4 is 5.91 Å². The third-order valence-corrected chi connectivity index (χ3v) is 5.49. The van der Waals surface area contributed by atoms with E-state index in [4.69, 9.17) is 0 Å². The lowest BCUT2D eigenvalue weighted by Gasteiger charge is -2.22. The molecule has 1 amide bonds. The van der Waals surface area contributed by atoms with Gasteiger partial charge in [0.2, 0.25) is 0 Å². The molecule has 0 atom stereocenters. The molecule has 1 aliphatic carbocycles. The van der Waals surface area contributed by atoms with Crippen LogP contribution in [0, 0.1) is 6.92 Å². The van der Waals surface area contributed by atoms with Crippen molar-refractivity contribution in [2.45, 2.75) is 51.5 Å². The van der Waals surface area contributed by atoms with E-state index in [1.807, 2.05) is 36.1 Å². The minimum Gasteiger partial charge on any atom is -0.348 e. The molecule has 144 valence electrons.